The molecule has 23 heavy (non-hydrogen) atoms. The number of nitrogens with two attached hydrogens (primary N) is 1. The summed E-state index contributed by atoms with van der Waals surface area (Å²) >= 11 is 0. The number of amides is 1. The molecule has 2 aromatic carbocycles. The van der Waals surface area contributed by atoms with Crippen LogP contribution in [0.5, 0.6) is 0 Å². The zero-order chi connectivity index (χ0) is 15.5. The van der Waals surface area contributed by atoms with E-state index in [4.69, 9.17) is 5.73 Å². The first-order valence-electron chi connectivity index (χ1n) is 7.55. The Morgan fingerprint density at radius 2 is 1.87 bits per heavy atom. The molecule has 1 aliphatic rings. The molecule has 0 saturated heterocycles. The Bertz CT molecular complexity index is 671. The number of rotatable bonds is 4. The Kier molecular flexibility index (Phi) is 5.61. The normalized spacial score (nSPS) is 15.2. The minimum absolute atomic E-state index is 0. The monoisotopic (exact) mass is 334 g/mol. The van der Waals surface area contributed by atoms with Crippen LogP contribution in [-0.2, 0) is 0 Å². The van der Waals surface area contributed by atoms with E-state index in [1.807, 2.05) is 0 Å². The van der Waals surface area contributed by atoms with E-state index in [0.29, 0.717) is 17.2 Å². The molecule has 1 saturated carbocycles. The van der Waals surface area contributed by atoms with Crippen LogP contribution in [-0.4, -0.2) is 5.91 Å². The van der Waals surface area contributed by atoms with Gasteiger partial charge in [-0.3, -0.25) is 4.79 Å². The predicted molar refractivity (Wildman–Crippen MR) is 92.1 cm³/mol. The number of carbonyl (C=O) groups is 1. The molecule has 1 unspecified atom stereocenters. The van der Waals surface area contributed by atoms with Crippen molar-refractivity contribution in [2.45, 2.75) is 25.3 Å². The fourth-order valence-electron chi connectivity index (χ4n) is 2.82. The molecule has 0 aliphatic heterocycles. The number of benzene rings is 2. The van der Waals surface area contributed by atoms with Crippen LogP contribution >= 0.6 is 12.4 Å². The van der Waals surface area contributed by atoms with E-state index < -0.39 is 0 Å². The zero-order valence-corrected chi connectivity index (χ0v) is 13.5. The van der Waals surface area contributed by atoms with E-state index in [2.05, 4.69) is 5.32 Å². The molecule has 1 aliphatic carbocycles. The van der Waals surface area contributed by atoms with E-state index in [0.717, 1.165) is 18.4 Å². The molecule has 3 nitrogen and oxygen atoms in total. The van der Waals surface area contributed by atoms with E-state index in [-0.39, 0.29) is 30.2 Å². The third-order valence-corrected chi connectivity index (χ3v) is 4.29. The molecular formula is C18H20ClFN2O. The third-order valence-electron chi connectivity index (χ3n) is 4.29. The first-order valence-corrected chi connectivity index (χ1v) is 7.55. The molecule has 0 bridgehead atoms. The van der Waals surface area contributed by atoms with Crippen LogP contribution < -0.4 is 11.1 Å². The number of hydrogen-bond donors (Lipinski definition) is 2. The standard InChI is InChI=1S/C18H19FN2O.ClH/c19-15-9-7-13(8-10-15)17(12-3-1-4-12)21-18(22)14-5-2-6-16(20)11-14;/h2,5-12,17H,1,3-4,20H2,(H,21,22);1H. The van der Waals surface area contributed by atoms with Gasteiger partial charge in [0.1, 0.15) is 5.82 Å². The van der Waals surface area contributed by atoms with Crippen molar-refractivity contribution in [3.8, 4) is 0 Å². The van der Waals surface area contributed by atoms with Crippen molar-refractivity contribution >= 4 is 24.0 Å². The van der Waals surface area contributed by atoms with Gasteiger partial charge in [-0.2, -0.15) is 0 Å². The Balaban J connectivity index is 0.00000192. The van der Waals surface area contributed by atoms with Crippen molar-refractivity contribution in [2.24, 2.45) is 5.92 Å². The van der Waals surface area contributed by atoms with Crippen LogP contribution in [0.3, 0.4) is 0 Å². The largest absolute Gasteiger partial charge is 0.399 e. The van der Waals surface area contributed by atoms with Gasteiger partial charge in [0.2, 0.25) is 0 Å². The highest BCUT2D eigenvalue weighted by Crippen LogP contribution is 2.37. The first-order chi connectivity index (χ1) is 10.6. The second-order valence-electron chi connectivity index (χ2n) is 5.82. The summed E-state index contributed by atoms with van der Waals surface area (Å²) in [5.41, 5.74) is 7.79. The predicted octanol–water partition coefficient (Wildman–Crippen LogP) is 4.10. The van der Waals surface area contributed by atoms with Gasteiger partial charge in [-0.15, -0.1) is 12.4 Å². The van der Waals surface area contributed by atoms with Crippen molar-refractivity contribution in [3.05, 3.63) is 65.5 Å². The lowest BCUT2D eigenvalue weighted by atomic mass is 9.77. The first kappa shape index (κ1) is 17.3. The molecule has 1 amide bonds. The maximum absolute atomic E-state index is 13.1. The lowest BCUT2D eigenvalue weighted by Gasteiger charge is -2.34. The molecule has 5 heteroatoms. The van der Waals surface area contributed by atoms with Gasteiger partial charge in [0, 0.05) is 11.3 Å². The van der Waals surface area contributed by atoms with Gasteiger partial charge in [0.15, 0.2) is 0 Å². The summed E-state index contributed by atoms with van der Waals surface area (Å²) in [4.78, 5) is 12.5. The molecule has 0 heterocycles. The Morgan fingerprint density at radius 1 is 1.17 bits per heavy atom. The second kappa shape index (κ2) is 7.47. The minimum atomic E-state index is -0.265. The molecule has 1 fully saturated rings. The summed E-state index contributed by atoms with van der Waals surface area (Å²) in [7, 11) is 0. The Labute approximate surface area is 141 Å². The highest BCUT2D eigenvalue weighted by atomic mass is 35.5. The molecule has 0 aromatic heterocycles. The molecule has 2 aromatic rings. The number of nitrogen functional groups attached to an aromatic ring is 1. The summed E-state index contributed by atoms with van der Waals surface area (Å²) in [5, 5.41) is 3.08. The van der Waals surface area contributed by atoms with Crippen molar-refractivity contribution in [3.63, 3.8) is 0 Å². The summed E-state index contributed by atoms with van der Waals surface area (Å²) < 4.78 is 13.1. The Morgan fingerprint density at radius 3 is 2.43 bits per heavy atom. The molecule has 3 rings (SSSR count). The summed E-state index contributed by atoms with van der Waals surface area (Å²) in [6, 6.07) is 13.2. The van der Waals surface area contributed by atoms with E-state index >= 15 is 0 Å². The fourth-order valence-corrected chi connectivity index (χ4v) is 2.82. The lowest BCUT2D eigenvalue weighted by Crippen LogP contribution is -2.36. The van der Waals surface area contributed by atoms with Gasteiger partial charge in [-0.25, -0.2) is 4.39 Å². The number of carbonyl (C=O) groups excluding carboxylic acids is 1. The average molecular weight is 335 g/mol. The highest BCUT2D eigenvalue weighted by Gasteiger charge is 2.30. The van der Waals surface area contributed by atoms with Crippen LogP contribution in [0.2, 0.25) is 0 Å². The van der Waals surface area contributed by atoms with Gasteiger partial charge < -0.3 is 11.1 Å². The average Bonchev–Trinajstić information content (AvgIpc) is 2.45. The molecule has 0 radical (unpaired) electrons. The highest BCUT2D eigenvalue weighted by molar-refractivity contribution is 5.95. The number of halogens is 2. The summed E-state index contributed by atoms with van der Waals surface area (Å²) in [5.74, 6) is 0.00210. The molecule has 1 atom stereocenters. The number of anilines is 1. The van der Waals surface area contributed by atoms with E-state index in [1.54, 1.807) is 36.4 Å². The summed E-state index contributed by atoms with van der Waals surface area (Å²) in [6.45, 7) is 0. The van der Waals surface area contributed by atoms with Gasteiger partial charge in [0.05, 0.1) is 6.04 Å². The van der Waals surface area contributed by atoms with Gasteiger partial charge in [-0.05, 0) is 54.7 Å². The van der Waals surface area contributed by atoms with Crippen molar-refractivity contribution in [1.82, 2.24) is 5.32 Å². The van der Waals surface area contributed by atoms with Crippen molar-refractivity contribution < 1.29 is 9.18 Å². The van der Waals surface area contributed by atoms with Gasteiger partial charge >= 0.3 is 0 Å². The van der Waals surface area contributed by atoms with Crippen molar-refractivity contribution in [1.29, 1.82) is 0 Å². The molecule has 122 valence electrons. The van der Waals surface area contributed by atoms with Crippen LogP contribution in [0.4, 0.5) is 10.1 Å². The number of nitrogens with one attached hydrogen (secondary N) is 1. The zero-order valence-electron chi connectivity index (χ0n) is 12.7. The van der Waals surface area contributed by atoms with Crippen molar-refractivity contribution in [2.75, 3.05) is 5.73 Å². The quantitative estimate of drug-likeness (QED) is 0.827. The molecular weight excluding hydrogens is 315 g/mol. The van der Waals surface area contributed by atoms with E-state index in [9.17, 15) is 9.18 Å². The third kappa shape index (κ3) is 4.02. The maximum atomic E-state index is 13.1. The molecule has 3 N–H and O–H groups in total. The fraction of sp³-hybridized carbons (Fsp3) is 0.278. The van der Waals surface area contributed by atoms with Gasteiger partial charge in [-0.1, -0.05) is 24.6 Å². The maximum Gasteiger partial charge on any atom is 0.251 e. The van der Waals surface area contributed by atoms with Crippen LogP contribution in [0.15, 0.2) is 48.5 Å². The van der Waals surface area contributed by atoms with E-state index in [1.165, 1.54) is 18.6 Å². The minimum Gasteiger partial charge on any atom is -0.399 e. The summed E-state index contributed by atoms with van der Waals surface area (Å²) in [6.07, 6.45) is 3.34. The number of hydrogen-bond acceptors (Lipinski definition) is 2. The van der Waals surface area contributed by atoms with Gasteiger partial charge in [0.25, 0.3) is 5.91 Å². The topological polar surface area (TPSA) is 55.1 Å². The lowest BCUT2D eigenvalue weighted by molar-refractivity contribution is 0.0900. The van der Waals surface area contributed by atoms with Crippen LogP contribution in [0.25, 0.3) is 0 Å². The Hall–Kier alpha value is -2.07. The smallest absolute Gasteiger partial charge is 0.251 e. The van der Waals surface area contributed by atoms with Crippen LogP contribution in [0, 0.1) is 11.7 Å². The second-order valence-corrected chi connectivity index (χ2v) is 5.82. The SMILES string of the molecule is Cl.Nc1cccc(C(=O)NC(c2ccc(F)cc2)C2CCC2)c1. The molecule has 0 spiro atoms. The van der Waals surface area contributed by atoms with Crippen LogP contribution in [0.1, 0.15) is 41.2 Å².